The molecule has 1 N–H and O–H groups in total. The minimum absolute atomic E-state index is 0.0101. The molecule has 21 heavy (non-hydrogen) atoms. The molecule has 1 fully saturated rings. The number of nitrogens with zero attached hydrogens (tertiary/aromatic N) is 1. The number of halogens is 1. The second kappa shape index (κ2) is 7.31. The van der Waals surface area contributed by atoms with Gasteiger partial charge >= 0.3 is 0 Å². The van der Waals surface area contributed by atoms with Crippen LogP contribution in [0.3, 0.4) is 0 Å². The van der Waals surface area contributed by atoms with Crippen LogP contribution in [0.15, 0.2) is 24.3 Å². The van der Waals surface area contributed by atoms with Crippen LogP contribution in [0, 0.1) is 5.82 Å². The molecule has 1 saturated heterocycles. The molecule has 1 amide bonds. The van der Waals surface area contributed by atoms with Gasteiger partial charge in [0.15, 0.2) is 5.78 Å². The quantitative estimate of drug-likeness (QED) is 0.895. The zero-order chi connectivity index (χ0) is 15.2. The molecule has 0 atom stereocenters. The summed E-state index contributed by atoms with van der Waals surface area (Å²) in [5, 5.41) is 2.90. The van der Waals surface area contributed by atoms with E-state index < -0.39 is 0 Å². The first-order valence-corrected chi connectivity index (χ1v) is 7.29. The number of rotatable bonds is 5. The van der Waals surface area contributed by atoms with E-state index in [0.717, 1.165) is 25.9 Å². The van der Waals surface area contributed by atoms with Gasteiger partial charge in [-0.3, -0.25) is 14.5 Å². The first kappa shape index (κ1) is 15.6. The summed E-state index contributed by atoms with van der Waals surface area (Å²) in [5.74, 6) is -0.308. The molecule has 1 aliphatic heterocycles. The third-order valence-electron chi connectivity index (χ3n) is 3.74. The number of hydrogen-bond acceptors (Lipinski definition) is 3. The third kappa shape index (κ3) is 4.93. The largest absolute Gasteiger partial charge is 0.354 e. The predicted octanol–water partition coefficient (Wildman–Crippen LogP) is 1.54. The van der Waals surface area contributed by atoms with Gasteiger partial charge in [0.25, 0.3) is 0 Å². The molecule has 0 saturated carbocycles. The fourth-order valence-corrected chi connectivity index (χ4v) is 2.68. The molecule has 1 aliphatic rings. The van der Waals surface area contributed by atoms with Crippen molar-refractivity contribution in [1.82, 2.24) is 10.2 Å². The summed E-state index contributed by atoms with van der Waals surface area (Å²) in [6, 6.07) is 6.60. The van der Waals surface area contributed by atoms with E-state index in [0.29, 0.717) is 12.1 Å². The van der Waals surface area contributed by atoms with Gasteiger partial charge in [-0.2, -0.15) is 0 Å². The smallest absolute Gasteiger partial charge is 0.217 e. The minimum Gasteiger partial charge on any atom is -0.354 e. The molecule has 0 aromatic heterocycles. The summed E-state index contributed by atoms with van der Waals surface area (Å²) >= 11 is 0. The molecule has 1 heterocycles. The first-order chi connectivity index (χ1) is 10.0. The number of ketones is 1. The van der Waals surface area contributed by atoms with E-state index in [1.165, 1.54) is 13.0 Å². The number of carbonyl (C=O) groups excluding carboxylic acids is 2. The summed E-state index contributed by atoms with van der Waals surface area (Å²) < 4.78 is 13.5. The van der Waals surface area contributed by atoms with E-state index in [1.54, 1.807) is 18.2 Å². The van der Waals surface area contributed by atoms with E-state index in [4.69, 9.17) is 0 Å². The number of carbonyl (C=O) groups is 2. The summed E-state index contributed by atoms with van der Waals surface area (Å²) in [4.78, 5) is 25.1. The Bertz CT molecular complexity index is 511. The molecular weight excluding hydrogens is 271 g/mol. The molecule has 2 rings (SSSR count). The summed E-state index contributed by atoms with van der Waals surface area (Å²) in [5.41, 5.74) is 0.454. The molecule has 114 valence electrons. The molecule has 5 heteroatoms. The maximum Gasteiger partial charge on any atom is 0.217 e. The second-order valence-electron chi connectivity index (χ2n) is 5.56. The van der Waals surface area contributed by atoms with Crippen LogP contribution in [0.4, 0.5) is 4.39 Å². The van der Waals surface area contributed by atoms with Gasteiger partial charge in [0.2, 0.25) is 5.91 Å². The van der Waals surface area contributed by atoms with Gasteiger partial charge in [-0.1, -0.05) is 18.2 Å². The van der Waals surface area contributed by atoms with E-state index in [1.807, 2.05) is 0 Å². The Morgan fingerprint density at radius 1 is 1.29 bits per heavy atom. The average molecular weight is 292 g/mol. The van der Waals surface area contributed by atoms with E-state index in [9.17, 15) is 14.0 Å². The van der Waals surface area contributed by atoms with E-state index in [-0.39, 0.29) is 30.0 Å². The van der Waals surface area contributed by atoms with Crippen molar-refractivity contribution in [3.63, 3.8) is 0 Å². The number of piperidine rings is 1. The first-order valence-electron chi connectivity index (χ1n) is 7.29. The number of likely N-dealkylation sites (tertiary alicyclic amines) is 1. The number of hydrogen-bond donors (Lipinski definition) is 1. The van der Waals surface area contributed by atoms with Crippen molar-refractivity contribution in [2.45, 2.75) is 32.2 Å². The van der Waals surface area contributed by atoms with Crippen LogP contribution in [0.5, 0.6) is 0 Å². The van der Waals surface area contributed by atoms with Crippen LogP contribution in [-0.2, 0) is 16.0 Å². The van der Waals surface area contributed by atoms with Gasteiger partial charge < -0.3 is 5.32 Å². The van der Waals surface area contributed by atoms with Gasteiger partial charge in [0.05, 0.1) is 6.54 Å². The SMILES string of the molecule is CC(=O)NC1CCN(CC(=O)Cc2ccccc2F)CC1. The molecule has 0 bridgehead atoms. The molecule has 0 unspecified atom stereocenters. The van der Waals surface area contributed by atoms with E-state index >= 15 is 0 Å². The lowest BCUT2D eigenvalue weighted by Gasteiger charge is -2.31. The van der Waals surface area contributed by atoms with Crippen molar-refractivity contribution in [2.75, 3.05) is 19.6 Å². The molecule has 1 aromatic carbocycles. The Labute approximate surface area is 124 Å². The Morgan fingerprint density at radius 3 is 2.57 bits per heavy atom. The summed E-state index contributed by atoms with van der Waals surface area (Å²) in [6.07, 6.45) is 1.84. The lowest BCUT2D eigenvalue weighted by atomic mass is 10.0. The normalized spacial score (nSPS) is 16.7. The van der Waals surface area contributed by atoms with Crippen molar-refractivity contribution in [2.24, 2.45) is 0 Å². The summed E-state index contributed by atoms with van der Waals surface area (Å²) in [6.45, 7) is 3.44. The Hall–Kier alpha value is -1.75. The highest BCUT2D eigenvalue weighted by Crippen LogP contribution is 2.12. The van der Waals surface area contributed by atoms with Crippen molar-refractivity contribution in [3.8, 4) is 0 Å². The second-order valence-corrected chi connectivity index (χ2v) is 5.56. The maximum atomic E-state index is 13.5. The van der Waals surface area contributed by atoms with Crippen LogP contribution < -0.4 is 5.32 Å². The molecule has 1 aromatic rings. The van der Waals surface area contributed by atoms with Crippen LogP contribution in [0.25, 0.3) is 0 Å². The number of nitrogens with one attached hydrogen (secondary N) is 1. The van der Waals surface area contributed by atoms with Crippen LogP contribution in [-0.4, -0.2) is 42.3 Å². The van der Waals surface area contributed by atoms with Crippen molar-refractivity contribution in [1.29, 1.82) is 0 Å². The topological polar surface area (TPSA) is 49.4 Å². The third-order valence-corrected chi connectivity index (χ3v) is 3.74. The Kier molecular flexibility index (Phi) is 5.44. The molecule has 0 spiro atoms. The minimum atomic E-state index is -0.324. The highest BCUT2D eigenvalue weighted by atomic mass is 19.1. The highest BCUT2D eigenvalue weighted by Gasteiger charge is 2.21. The van der Waals surface area contributed by atoms with E-state index in [2.05, 4.69) is 10.2 Å². The zero-order valence-electron chi connectivity index (χ0n) is 12.3. The fraction of sp³-hybridized carbons (Fsp3) is 0.500. The number of benzene rings is 1. The fourth-order valence-electron chi connectivity index (χ4n) is 2.68. The molecule has 0 radical (unpaired) electrons. The van der Waals surface area contributed by atoms with Gasteiger partial charge in [0.1, 0.15) is 5.82 Å². The van der Waals surface area contributed by atoms with Crippen LogP contribution in [0.1, 0.15) is 25.3 Å². The van der Waals surface area contributed by atoms with Gasteiger partial charge in [-0.15, -0.1) is 0 Å². The lowest BCUT2D eigenvalue weighted by molar-refractivity contribution is -0.121. The Balaban J connectivity index is 1.77. The van der Waals surface area contributed by atoms with Crippen molar-refractivity contribution < 1.29 is 14.0 Å². The average Bonchev–Trinajstić information content (AvgIpc) is 2.43. The van der Waals surface area contributed by atoms with Crippen molar-refractivity contribution >= 4 is 11.7 Å². The molecule has 0 aliphatic carbocycles. The van der Waals surface area contributed by atoms with Crippen molar-refractivity contribution in [3.05, 3.63) is 35.6 Å². The van der Waals surface area contributed by atoms with Gasteiger partial charge in [-0.25, -0.2) is 4.39 Å². The van der Waals surface area contributed by atoms with Crippen LogP contribution >= 0.6 is 0 Å². The molecule has 4 nitrogen and oxygen atoms in total. The lowest BCUT2D eigenvalue weighted by Crippen LogP contribution is -2.45. The zero-order valence-corrected chi connectivity index (χ0v) is 12.3. The maximum absolute atomic E-state index is 13.5. The molecular formula is C16H21FN2O2. The van der Waals surface area contributed by atoms with Crippen LogP contribution in [0.2, 0.25) is 0 Å². The number of amides is 1. The van der Waals surface area contributed by atoms with Gasteiger partial charge in [-0.05, 0) is 24.5 Å². The van der Waals surface area contributed by atoms with Gasteiger partial charge in [0, 0.05) is 32.5 Å². The Morgan fingerprint density at radius 2 is 1.95 bits per heavy atom. The monoisotopic (exact) mass is 292 g/mol. The summed E-state index contributed by atoms with van der Waals surface area (Å²) in [7, 11) is 0. The number of Topliss-reactive ketones (excluding diaryl/α,β-unsaturated/α-hetero) is 1. The highest BCUT2D eigenvalue weighted by molar-refractivity contribution is 5.82. The standard InChI is InChI=1S/C16H21FN2O2/c1-12(20)18-14-6-8-19(9-7-14)11-15(21)10-13-4-2-3-5-16(13)17/h2-5,14H,6-11H2,1H3,(H,18,20). The predicted molar refractivity (Wildman–Crippen MR) is 78.4 cm³/mol.